The van der Waals surface area contributed by atoms with Crippen LogP contribution >= 0.6 is 0 Å². The highest BCUT2D eigenvalue weighted by Gasteiger charge is 2.51. The maximum absolute atomic E-state index is 12.0. The van der Waals surface area contributed by atoms with Crippen molar-refractivity contribution in [2.45, 2.75) is 71.3 Å². The van der Waals surface area contributed by atoms with E-state index in [-0.39, 0.29) is 6.10 Å². The SMILES string of the molecule is CN(C(=O)OC(C)(C)C)[C@@H]1C[C@H](OC(C)(C)C)[C@@H]1C(=O)O. The number of carboxylic acids is 1. The van der Waals surface area contributed by atoms with E-state index in [0.29, 0.717) is 6.42 Å². The Morgan fingerprint density at radius 2 is 1.62 bits per heavy atom. The summed E-state index contributed by atoms with van der Waals surface area (Å²) in [6, 6.07) is -0.398. The van der Waals surface area contributed by atoms with Gasteiger partial charge in [0.2, 0.25) is 0 Å². The van der Waals surface area contributed by atoms with Crippen LogP contribution < -0.4 is 0 Å². The molecule has 3 atom stereocenters. The van der Waals surface area contributed by atoms with E-state index in [1.54, 1.807) is 27.8 Å². The third-order valence-electron chi connectivity index (χ3n) is 3.26. The number of ether oxygens (including phenoxy) is 2. The van der Waals surface area contributed by atoms with Gasteiger partial charge in [-0.2, -0.15) is 0 Å². The molecule has 0 aromatic carbocycles. The van der Waals surface area contributed by atoms with Gasteiger partial charge in [-0.05, 0) is 48.0 Å². The van der Waals surface area contributed by atoms with E-state index >= 15 is 0 Å². The minimum absolute atomic E-state index is 0.377. The highest BCUT2D eigenvalue weighted by atomic mass is 16.6. The number of nitrogens with zero attached hydrogens (tertiary/aromatic N) is 1. The molecular formula is C15H27NO5. The molecule has 0 aliphatic heterocycles. The fourth-order valence-electron chi connectivity index (χ4n) is 2.35. The zero-order chi connectivity index (χ0) is 16.6. The van der Waals surface area contributed by atoms with Crippen molar-refractivity contribution < 1.29 is 24.2 Å². The van der Waals surface area contributed by atoms with Gasteiger partial charge in [-0.15, -0.1) is 0 Å². The fourth-order valence-corrected chi connectivity index (χ4v) is 2.35. The molecule has 0 heterocycles. The summed E-state index contributed by atoms with van der Waals surface area (Å²) >= 11 is 0. The standard InChI is InChI=1S/C15H27NO5/c1-14(2,3)20-10-8-9(11(10)12(17)18)16(7)13(19)21-15(4,5)6/h9-11H,8H2,1-7H3,(H,17,18)/t9-,10+,11-/m1/s1. The van der Waals surface area contributed by atoms with Crippen LogP contribution in [0.2, 0.25) is 0 Å². The van der Waals surface area contributed by atoms with Gasteiger partial charge >= 0.3 is 12.1 Å². The second kappa shape index (κ2) is 5.83. The van der Waals surface area contributed by atoms with Crippen molar-refractivity contribution in [2.75, 3.05) is 7.05 Å². The minimum atomic E-state index is -0.948. The second-order valence-electron chi connectivity index (χ2n) is 7.53. The Morgan fingerprint density at radius 3 is 2.00 bits per heavy atom. The summed E-state index contributed by atoms with van der Waals surface area (Å²) in [5.41, 5.74) is -1.01. The molecule has 1 aliphatic carbocycles. The molecule has 0 unspecified atom stereocenters. The molecule has 0 aromatic rings. The molecule has 122 valence electrons. The number of carboxylic acid groups (broad SMARTS) is 1. The van der Waals surface area contributed by atoms with Crippen molar-refractivity contribution in [2.24, 2.45) is 5.92 Å². The van der Waals surface area contributed by atoms with Gasteiger partial charge in [-0.3, -0.25) is 4.79 Å². The molecular weight excluding hydrogens is 274 g/mol. The summed E-state index contributed by atoms with van der Waals surface area (Å²) in [6.45, 7) is 11.0. The Hall–Kier alpha value is -1.30. The summed E-state index contributed by atoms with van der Waals surface area (Å²) in [5.74, 6) is -1.67. The Labute approximate surface area is 126 Å². The van der Waals surface area contributed by atoms with Crippen LogP contribution in [0.4, 0.5) is 4.79 Å². The maximum atomic E-state index is 12.0. The Morgan fingerprint density at radius 1 is 1.10 bits per heavy atom. The van der Waals surface area contributed by atoms with Crippen molar-refractivity contribution in [1.29, 1.82) is 0 Å². The van der Waals surface area contributed by atoms with Crippen LogP contribution in [0.1, 0.15) is 48.0 Å². The van der Waals surface area contributed by atoms with Crippen LogP contribution in [0, 0.1) is 5.92 Å². The van der Waals surface area contributed by atoms with Gasteiger partial charge < -0.3 is 19.5 Å². The lowest BCUT2D eigenvalue weighted by atomic mass is 9.75. The highest BCUT2D eigenvalue weighted by molar-refractivity contribution is 5.76. The van der Waals surface area contributed by atoms with Crippen molar-refractivity contribution in [3.63, 3.8) is 0 Å². The molecule has 1 saturated carbocycles. The molecule has 1 fully saturated rings. The largest absolute Gasteiger partial charge is 0.481 e. The molecule has 0 spiro atoms. The van der Waals surface area contributed by atoms with E-state index in [9.17, 15) is 14.7 Å². The molecule has 1 rings (SSSR count). The van der Waals surface area contributed by atoms with Crippen molar-refractivity contribution in [3.05, 3.63) is 0 Å². The minimum Gasteiger partial charge on any atom is -0.481 e. The first-order chi connectivity index (χ1) is 9.32. The smallest absolute Gasteiger partial charge is 0.410 e. The first kappa shape index (κ1) is 17.8. The van der Waals surface area contributed by atoms with Crippen LogP contribution in [-0.4, -0.2) is 52.5 Å². The predicted molar refractivity (Wildman–Crippen MR) is 78.2 cm³/mol. The van der Waals surface area contributed by atoms with Crippen LogP contribution in [0.15, 0.2) is 0 Å². The lowest BCUT2D eigenvalue weighted by molar-refractivity contribution is -0.181. The monoisotopic (exact) mass is 301 g/mol. The summed E-state index contributed by atoms with van der Waals surface area (Å²) in [4.78, 5) is 24.8. The van der Waals surface area contributed by atoms with E-state index in [0.717, 1.165) is 0 Å². The summed E-state index contributed by atoms with van der Waals surface area (Å²) in [6.07, 6.45) is -0.380. The van der Waals surface area contributed by atoms with Gasteiger partial charge in [0.1, 0.15) is 11.5 Å². The topological polar surface area (TPSA) is 76.1 Å². The Balaban J connectivity index is 2.72. The average Bonchev–Trinajstić information content (AvgIpc) is 2.17. The molecule has 1 aliphatic rings. The van der Waals surface area contributed by atoms with Crippen molar-refractivity contribution in [1.82, 2.24) is 4.90 Å². The highest BCUT2D eigenvalue weighted by Crippen LogP contribution is 2.37. The number of amides is 1. The van der Waals surface area contributed by atoms with Gasteiger partial charge in [0.15, 0.2) is 0 Å². The lowest BCUT2D eigenvalue weighted by Crippen LogP contribution is -2.61. The van der Waals surface area contributed by atoms with Crippen LogP contribution in [0.25, 0.3) is 0 Å². The quantitative estimate of drug-likeness (QED) is 0.866. The van der Waals surface area contributed by atoms with E-state index in [2.05, 4.69) is 0 Å². The normalized spacial score (nSPS) is 26.0. The van der Waals surface area contributed by atoms with Gasteiger partial charge in [-0.1, -0.05) is 0 Å². The Bertz CT molecular complexity index is 407. The molecule has 21 heavy (non-hydrogen) atoms. The summed E-state index contributed by atoms with van der Waals surface area (Å²) in [5, 5.41) is 9.38. The molecule has 6 heteroatoms. The van der Waals surface area contributed by atoms with E-state index < -0.39 is 35.2 Å². The second-order valence-corrected chi connectivity index (χ2v) is 7.53. The molecule has 1 N–H and O–H groups in total. The third kappa shape index (κ3) is 4.88. The maximum Gasteiger partial charge on any atom is 0.410 e. The van der Waals surface area contributed by atoms with E-state index in [4.69, 9.17) is 9.47 Å². The summed E-state index contributed by atoms with van der Waals surface area (Å²) < 4.78 is 11.0. The number of carbonyl (C=O) groups is 2. The number of carbonyl (C=O) groups excluding carboxylic acids is 1. The first-order valence-electron chi connectivity index (χ1n) is 7.18. The number of hydrogen-bond acceptors (Lipinski definition) is 4. The summed E-state index contributed by atoms with van der Waals surface area (Å²) in [7, 11) is 1.57. The third-order valence-corrected chi connectivity index (χ3v) is 3.26. The predicted octanol–water partition coefficient (Wildman–Crippen LogP) is 2.51. The number of hydrogen-bond donors (Lipinski definition) is 1. The molecule has 0 radical (unpaired) electrons. The van der Waals surface area contributed by atoms with Gasteiger partial charge in [0.25, 0.3) is 0 Å². The van der Waals surface area contributed by atoms with Gasteiger partial charge in [-0.25, -0.2) is 4.79 Å². The molecule has 0 aromatic heterocycles. The first-order valence-corrected chi connectivity index (χ1v) is 7.18. The lowest BCUT2D eigenvalue weighted by Gasteiger charge is -2.47. The van der Waals surface area contributed by atoms with Gasteiger partial charge in [0.05, 0.1) is 17.7 Å². The molecule has 6 nitrogen and oxygen atoms in total. The fraction of sp³-hybridized carbons (Fsp3) is 0.867. The van der Waals surface area contributed by atoms with E-state index in [1.165, 1.54) is 4.90 Å². The molecule has 0 saturated heterocycles. The Kier molecular flexibility index (Phi) is 4.93. The number of aliphatic carboxylic acids is 1. The van der Waals surface area contributed by atoms with Crippen LogP contribution in [0.5, 0.6) is 0 Å². The zero-order valence-corrected chi connectivity index (χ0v) is 14.0. The van der Waals surface area contributed by atoms with Crippen molar-refractivity contribution in [3.8, 4) is 0 Å². The van der Waals surface area contributed by atoms with Crippen molar-refractivity contribution >= 4 is 12.1 Å². The van der Waals surface area contributed by atoms with Crippen LogP contribution in [-0.2, 0) is 14.3 Å². The number of rotatable bonds is 3. The zero-order valence-electron chi connectivity index (χ0n) is 14.0. The van der Waals surface area contributed by atoms with Gasteiger partial charge in [0, 0.05) is 7.05 Å². The molecule has 0 bridgehead atoms. The van der Waals surface area contributed by atoms with Crippen LogP contribution in [0.3, 0.4) is 0 Å². The molecule has 1 amide bonds. The average molecular weight is 301 g/mol. The van der Waals surface area contributed by atoms with E-state index in [1.807, 2.05) is 20.8 Å².